The molecule has 2 aromatic heterocycles. The maximum absolute atomic E-state index is 16.6. The van der Waals surface area contributed by atoms with Crippen LogP contribution in [0.25, 0.3) is 33.6 Å². The summed E-state index contributed by atoms with van der Waals surface area (Å²) < 4.78 is 42.8. The van der Waals surface area contributed by atoms with E-state index in [2.05, 4.69) is 25.6 Å². The Balaban J connectivity index is 0.954. The molecule has 0 radical (unpaired) electrons. The number of aromatic nitrogens is 4. The number of aromatic amines is 2. The lowest BCUT2D eigenvalue weighted by atomic mass is 9.95. The van der Waals surface area contributed by atoms with E-state index in [1.54, 1.807) is 41.6 Å². The number of alkyl carbamates (subject to hydrolysis) is 2. The first-order valence-corrected chi connectivity index (χ1v) is 21.2. The van der Waals surface area contributed by atoms with Crippen molar-refractivity contribution in [3.63, 3.8) is 0 Å². The highest BCUT2D eigenvalue weighted by molar-refractivity contribution is 5.88. The van der Waals surface area contributed by atoms with Crippen molar-refractivity contribution < 1.29 is 37.4 Å². The van der Waals surface area contributed by atoms with Gasteiger partial charge in [0, 0.05) is 34.8 Å². The van der Waals surface area contributed by atoms with Crippen molar-refractivity contribution in [2.24, 2.45) is 23.2 Å². The molecule has 61 heavy (non-hydrogen) atoms. The van der Waals surface area contributed by atoms with Crippen LogP contribution in [-0.2, 0) is 25.0 Å². The Hall–Kier alpha value is -5.80. The third kappa shape index (κ3) is 6.91. The van der Waals surface area contributed by atoms with E-state index in [9.17, 15) is 19.2 Å². The number of amides is 4. The van der Waals surface area contributed by atoms with E-state index in [4.69, 9.17) is 14.5 Å². The van der Waals surface area contributed by atoms with Gasteiger partial charge in [0.2, 0.25) is 11.8 Å². The van der Waals surface area contributed by atoms with Crippen LogP contribution in [0.1, 0.15) is 101 Å². The van der Waals surface area contributed by atoms with Gasteiger partial charge in [-0.05, 0) is 85.0 Å². The smallest absolute Gasteiger partial charge is 0.407 e. The molecule has 9 rings (SSSR count). The van der Waals surface area contributed by atoms with Crippen LogP contribution in [0.3, 0.4) is 0 Å². The summed E-state index contributed by atoms with van der Waals surface area (Å²) in [4.78, 5) is 72.0. The molecule has 0 unspecified atom stereocenters. The van der Waals surface area contributed by atoms with Crippen LogP contribution < -0.4 is 10.6 Å². The number of fused-ring (bicyclic) bond motifs is 5. The fourth-order valence-corrected chi connectivity index (χ4v) is 10.3. The first-order valence-electron chi connectivity index (χ1n) is 21.2. The number of H-pyrrole nitrogens is 2. The third-order valence-electron chi connectivity index (χ3n) is 13.8. The summed E-state index contributed by atoms with van der Waals surface area (Å²) in [6, 6.07) is 7.83. The van der Waals surface area contributed by atoms with Gasteiger partial charge in [-0.1, -0.05) is 52.0 Å². The van der Waals surface area contributed by atoms with Gasteiger partial charge in [0.15, 0.2) is 0 Å². The summed E-state index contributed by atoms with van der Waals surface area (Å²) >= 11 is 0. The minimum absolute atomic E-state index is 0.00916. The number of piperidine rings is 1. The maximum Gasteiger partial charge on any atom is 0.407 e. The Morgan fingerprint density at radius 1 is 0.787 bits per heavy atom. The topological polar surface area (TPSA) is 175 Å². The number of rotatable bonds is 10. The fourth-order valence-electron chi connectivity index (χ4n) is 10.3. The highest BCUT2D eigenvalue weighted by Crippen LogP contribution is 2.59. The van der Waals surface area contributed by atoms with Gasteiger partial charge < -0.3 is 39.9 Å². The number of carbonyl (C=O) groups excluding carboxylic acids is 4. The number of nitrogens with zero attached hydrogens (tertiary/aromatic N) is 4. The SMILES string of the molecule is COC(=O)N[C@H](C(=O)N1CC2(CC2)C[C@H]1c1ncc(-c2ccc3c(c2)C(F)(F)c2cc(-c4cnc([C@@H]5[C@H]6CC[C@H](C6)N5C(=O)[C@@H](NC(=O)OC)C(C)C)[nH]4)ccc2-3)[nH]1)C(C)C. The molecular formula is C45H52F2N8O6. The second kappa shape index (κ2) is 15.0. The van der Waals surface area contributed by atoms with Gasteiger partial charge in [0.1, 0.15) is 23.7 Å². The lowest BCUT2D eigenvalue weighted by Gasteiger charge is -2.37. The molecule has 14 nitrogen and oxygen atoms in total. The average molecular weight is 839 g/mol. The van der Waals surface area contributed by atoms with Gasteiger partial charge in [0.05, 0.1) is 50.1 Å². The van der Waals surface area contributed by atoms with Gasteiger partial charge in [-0.2, -0.15) is 8.78 Å². The van der Waals surface area contributed by atoms with Crippen molar-refractivity contribution in [1.82, 2.24) is 40.4 Å². The number of alkyl halides is 2. The summed E-state index contributed by atoms with van der Waals surface area (Å²) in [7, 11) is 2.53. The summed E-state index contributed by atoms with van der Waals surface area (Å²) in [5.41, 5.74) is 2.87. The van der Waals surface area contributed by atoms with Gasteiger partial charge in [-0.3, -0.25) is 9.59 Å². The van der Waals surface area contributed by atoms with Crippen LogP contribution in [-0.4, -0.2) is 92.6 Å². The monoisotopic (exact) mass is 838 g/mol. The first-order chi connectivity index (χ1) is 29.1. The molecule has 4 aromatic rings. The van der Waals surface area contributed by atoms with E-state index in [0.717, 1.165) is 38.5 Å². The molecule has 4 heterocycles. The zero-order valence-corrected chi connectivity index (χ0v) is 35.2. The molecular weight excluding hydrogens is 787 g/mol. The van der Waals surface area contributed by atoms with Gasteiger partial charge in [-0.15, -0.1) is 0 Å². The van der Waals surface area contributed by atoms with Gasteiger partial charge >= 0.3 is 12.2 Å². The molecule has 16 heteroatoms. The van der Waals surface area contributed by atoms with Crippen molar-refractivity contribution >= 4 is 24.0 Å². The number of benzene rings is 2. The molecule has 4 amide bonds. The lowest BCUT2D eigenvalue weighted by Crippen LogP contribution is -2.54. The number of hydrogen-bond acceptors (Lipinski definition) is 8. The quantitative estimate of drug-likeness (QED) is 0.127. The minimum atomic E-state index is -3.31. The number of hydrogen-bond donors (Lipinski definition) is 4. The highest BCUT2D eigenvalue weighted by atomic mass is 19.3. The van der Waals surface area contributed by atoms with Crippen LogP contribution in [0.2, 0.25) is 0 Å². The molecule has 2 saturated carbocycles. The van der Waals surface area contributed by atoms with E-state index in [0.29, 0.717) is 51.8 Å². The second-order valence-corrected chi connectivity index (χ2v) is 18.3. The van der Waals surface area contributed by atoms with E-state index >= 15 is 8.78 Å². The predicted molar refractivity (Wildman–Crippen MR) is 220 cm³/mol. The second-order valence-electron chi connectivity index (χ2n) is 18.3. The summed E-state index contributed by atoms with van der Waals surface area (Å²) in [6.07, 6.45) is 7.26. The molecule has 4 fully saturated rings. The number of methoxy groups -OCH3 is 2. The van der Waals surface area contributed by atoms with Gasteiger partial charge in [0.25, 0.3) is 5.92 Å². The average Bonchev–Trinajstić information content (AvgIpc) is 3.93. The third-order valence-corrected chi connectivity index (χ3v) is 13.8. The Morgan fingerprint density at radius 2 is 1.33 bits per heavy atom. The van der Waals surface area contributed by atoms with Crippen molar-refractivity contribution in [1.29, 1.82) is 0 Å². The van der Waals surface area contributed by atoms with Crippen LogP contribution in [0.15, 0.2) is 48.8 Å². The minimum Gasteiger partial charge on any atom is -0.453 e. The predicted octanol–water partition coefficient (Wildman–Crippen LogP) is 7.45. The number of likely N-dealkylation sites (tertiary alicyclic amines) is 2. The number of halogens is 2. The van der Waals surface area contributed by atoms with Crippen LogP contribution in [0.4, 0.5) is 18.4 Å². The van der Waals surface area contributed by atoms with E-state index in [-0.39, 0.29) is 64.2 Å². The Kier molecular flexibility index (Phi) is 9.97. The van der Waals surface area contributed by atoms with Crippen LogP contribution in [0, 0.1) is 23.2 Å². The number of nitrogens with one attached hydrogen (secondary N) is 4. The zero-order chi connectivity index (χ0) is 43.1. The number of carbonyl (C=O) groups is 4. The number of ether oxygens (including phenoxy) is 2. The normalized spacial score (nSPS) is 23.6. The van der Waals surface area contributed by atoms with Crippen LogP contribution >= 0.6 is 0 Å². The molecule has 5 aliphatic rings. The fraction of sp³-hybridized carbons (Fsp3) is 0.511. The zero-order valence-electron chi connectivity index (χ0n) is 35.2. The van der Waals surface area contributed by atoms with E-state index < -0.39 is 30.2 Å². The molecule has 4 N–H and O–H groups in total. The van der Waals surface area contributed by atoms with Crippen LogP contribution in [0.5, 0.6) is 0 Å². The molecule has 6 atom stereocenters. The molecule has 322 valence electrons. The molecule has 2 saturated heterocycles. The number of imidazole rings is 2. The first kappa shape index (κ1) is 40.6. The van der Waals surface area contributed by atoms with Gasteiger partial charge in [-0.25, -0.2) is 19.6 Å². The molecule has 2 aliphatic heterocycles. The summed E-state index contributed by atoms with van der Waals surface area (Å²) in [5, 5.41) is 5.40. The highest BCUT2D eigenvalue weighted by Gasteiger charge is 2.56. The summed E-state index contributed by atoms with van der Waals surface area (Å²) in [6.45, 7) is 8.04. The maximum atomic E-state index is 16.6. The van der Waals surface area contributed by atoms with E-state index in [1.807, 2.05) is 32.6 Å². The molecule has 2 bridgehead atoms. The molecule has 2 aromatic carbocycles. The van der Waals surface area contributed by atoms with Crippen molar-refractivity contribution in [3.8, 4) is 33.6 Å². The van der Waals surface area contributed by atoms with E-state index in [1.165, 1.54) is 26.4 Å². The standard InChI is InChI=1S/C45H52F2N8O6/c1-22(2)35(52-42(58)60-5)40(56)54-21-44(13-14-44)18-34(54)38-48-19-32(50-38)24-8-11-28-29-12-9-25(17-31(29)45(46,47)30(28)16-24)33-20-49-39(51-33)37-26-7-10-27(15-26)55(37)41(57)36(23(3)4)53-43(59)61-6/h8-9,11-12,16-17,19-20,22-23,26-27,34-37H,7,10,13-15,18,21H2,1-6H3,(H,48,50)(H,49,51)(H,52,58)(H,53,59)/t26-,27+,34-,35-,36-,37-/m0/s1. The summed E-state index contributed by atoms with van der Waals surface area (Å²) in [5.74, 6) is -2.73. The Labute approximate surface area is 352 Å². The Bertz CT molecular complexity index is 2410. The van der Waals surface area contributed by atoms with Crippen molar-refractivity contribution in [2.75, 3.05) is 20.8 Å². The van der Waals surface area contributed by atoms with Crippen molar-refractivity contribution in [3.05, 3.63) is 71.6 Å². The Morgan fingerprint density at radius 3 is 1.87 bits per heavy atom. The van der Waals surface area contributed by atoms with Crippen molar-refractivity contribution in [2.45, 2.75) is 102 Å². The molecule has 3 aliphatic carbocycles. The lowest BCUT2D eigenvalue weighted by molar-refractivity contribution is -0.139. The molecule has 1 spiro atoms. The largest absolute Gasteiger partial charge is 0.453 e.